The Morgan fingerprint density at radius 2 is 1.93 bits per heavy atom. The highest BCUT2D eigenvalue weighted by Gasteiger charge is 2.35. The van der Waals surface area contributed by atoms with Crippen molar-refractivity contribution in [2.45, 2.75) is 52.0 Å². The second-order valence-corrected chi connectivity index (χ2v) is 8.01. The Morgan fingerprint density at radius 1 is 1.17 bits per heavy atom. The van der Waals surface area contributed by atoms with Crippen LogP contribution in [0.5, 0.6) is 0 Å². The van der Waals surface area contributed by atoms with Crippen LogP contribution in [0.4, 0.5) is 0 Å². The molecular formula is C23H30N3O3+. The molecule has 29 heavy (non-hydrogen) atoms. The van der Waals surface area contributed by atoms with Gasteiger partial charge in [-0.15, -0.1) is 0 Å². The lowest BCUT2D eigenvalue weighted by atomic mass is 9.86. The molecule has 2 saturated heterocycles. The number of allylic oxidation sites excluding steroid dienone is 2. The molecular weight excluding hydrogens is 366 g/mol. The second-order valence-electron chi connectivity index (χ2n) is 8.01. The molecule has 1 atom stereocenters. The minimum atomic E-state index is -0.639. The summed E-state index contributed by atoms with van der Waals surface area (Å²) in [5.41, 5.74) is 4.84. The van der Waals surface area contributed by atoms with Crippen LogP contribution < -0.4 is 10.6 Å². The minimum absolute atomic E-state index is 0.247. The van der Waals surface area contributed by atoms with Crippen molar-refractivity contribution < 1.29 is 19.0 Å². The van der Waals surface area contributed by atoms with Crippen molar-refractivity contribution in [1.82, 2.24) is 10.6 Å². The van der Waals surface area contributed by atoms with E-state index >= 15 is 0 Å². The van der Waals surface area contributed by atoms with Crippen LogP contribution in [0.15, 0.2) is 24.3 Å². The zero-order chi connectivity index (χ0) is 20.8. The van der Waals surface area contributed by atoms with Crippen molar-refractivity contribution >= 4 is 30.0 Å². The summed E-state index contributed by atoms with van der Waals surface area (Å²) in [4.78, 5) is 35.2. The number of hydrogen-bond acceptors (Lipinski definition) is 4. The van der Waals surface area contributed by atoms with Crippen molar-refractivity contribution in [2.75, 3.05) is 13.1 Å². The fourth-order valence-corrected chi connectivity index (χ4v) is 4.12. The van der Waals surface area contributed by atoms with E-state index in [1.165, 1.54) is 26.8 Å². The molecule has 3 amide bonds. The van der Waals surface area contributed by atoms with Gasteiger partial charge in [0.15, 0.2) is 6.21 Å². The maximum Gasteiger partial charge on any atom is 0.375 e. The number of imide groups is 1. The third kappa shape index (κ3) is 5.26. The topological polar surface area (TPSA) is 78.3 Å². The molecule has 3 rings (SSSR count). The molecule has 6 nitrogen and oxygen atoms in total. The van der Waals surface area contributed by atoms with Crippen LogP contribution in [-0.4, -0.2) is 48.1 Å². The average Bonchev–Trinajstić information content (AvgIpc) is 2.71. The van der Waals surface area contributed by atoms with Crippen molar-refractivity contribution in [3.05, 3.63) is 41.0 Å². The van der Waals surface area contributed by atoms with Crippen molar-refractivity contribution in [3.8, 4) is 0 Å². The molecule has 2 aliphatic heterocycles. The van der Waals surface area contributed by atoms with Gasteiger partial charge in [-0.3, -0.25) is 14.9 Å². The third-order valence-electron chi connectivity index (χ3n) is 6.06. The maximum atomic E-state index is 12.2. The molecule has 2 aliphatic rings. The number of hydrogen-bond donors (Lipinski definition) is 2. The molecule has 1 unspecified atom stereocenters. The van der Waals surface area contributed by atoms with E-state index in [-0.39, 0.29) is 12.3 Å². The number of carbonyl (C=O) groups excluding carboxylic acids is 3. The predicted octanol–water partition coefficient (Wildman–Crippen LogP) is 2.12. The Morgan fingerprint density at radius 3 is 2.62 bits per heavy atom. The number of amides is 3. The summed E-state index contributed by atoms with van der Waals surface area (Å²) < 4.78 is 1.38. The number of aryl methyl sites for hydroxylation is 1. The first-order valence-electron chi connectivity index (χ1n) is 10.4. The van der Waals surface area contributed by atoms with Gasteiger partial charge < -0.3 is 5.32 Å². The molecule has 154 valence electrons. The van der Waals surface area contributed by atoms with Gasteiger partial charge in [0, 0.05) is 18.9 Å². The van der Waals surface area contributed by atoms with Gasteiger partial charge >= 0.3 is 6.41 Å². The number of benzene rings is 1. The van der Waals surface area contributed by atoms with Crippen LogP contribution in [0.2, 0.25) is 0 Å². The molecule has 2 N–H and O–H groups in total. The Kier molecular flexibility index (Phi) is 7.09. The standard InChI is InChI=1S/C23H29N3O3/c1-16-4-3-5-20(17(16)2)19(14-18-8-11-24-12-9-18)10-13-26(15-27)21-6-7-22(28)25-23(21)29/h3-5,10,13,15,18,21,24H,6-9,11-12,14H2,1-2H3/p+1/b19-10-,26-13?. The Hall–Kier alpha value is -2.60. The molecule has 1 aromatic carbocycles. The van der Waals surface area contributed by atoms with E-state index in [4.69, 9.17) is 0 Å². The number of piperidine rings is 2. The summed E-state index contributed by atoms with van der Waals surface area (Å²) in [5.74, 6) is -0.102. The van der Waals surface area contributed by atoms with Gasteiger partial charge in [-0.05, 0) is 74.4 Å². The molecule has 2 heterocycles. The molecule has 1 aromatic rings. The summed E-state index contributed by atoms with van der Waals surface area (Å²) in [6.07, 6.45) is 8.14. The van der Waals surface area contributed by atoms with Crippen LogP contribution in [-0.2, 0) is 14.4 Å². The highest BCUT2D eigenvalue weighted by molar-refractivity contribution is 6.00. The number of nitrogens with one attached hydrogen (secondary N) is 2. The quantitative estimate of drug-likeness (QED) is 0.334. The first-order chi connectivity index (χ1) is 14.0. The lowest BCUT2D eigenvalue weighted by Gasteiger charge is -2.24. The fourth-order valence-electron chi connectivity index (χ4n) is 4.12. The van der Waals surface area contributed by atoms with Gasteiger partial charge in [-0.1, -0.05) is 18.2 Å². The van der Waals surface area contributed by atoms with E-state index in [2.05, 4.69) is 42.7 Å². The largest absolute Gasteiger partial charge is 0.375 e. The summed E-state index contributed by atoms with van der Waals surface area (Å²) in [6, 6.07) is 5.65. The average molecular weight is 397 g/mol. The van der Waals surface area contributed by atoms with Gasteiger partial charge in [-0.25, -0.2) is 4.79 Å². The van der Waals surface area contributed by atoms with Crippen molar-refractivity contribution in [2.24, 2.45) is 5.92 Å². The summed E-state index contributed by atoms with van der Waals surface area (Å²) >= 11 is 0. The SMILES string of the molecule is Cc1cccc(/C(=C\C=[N+](C=O)C2CCC(=O)NC2=O)CC2CCNCC2)c1C. The van der Waals surface area contributed by atoms with Crippen LogP contribution in [0.1, 0.15) is 48.8 Å². The molecule has 0 radical (unpaired) electrons. The normalized spacial score (nSPS) is 21.8. The van der Waals surface area contributed by atoms with Crippen LogP contribution in [0.25, 0.3) is 5.57 Å². The summed E-state index contributed by atoms with van der Waals surface area (Å²) in [6.45, 7) is 6.29. The Bertz CT molecular complexity index is 851. The minimum Gasteiger partial charge on any atom is -0.317 e. The van der Waals surface area contributed by atoms with Crippen molar-refractivity contribution in [1.29, 1.82) is 0 Å². The van der Waals surface area contributed by atoms with Crippen LogP contribution >= 0.6 is 0 Å². The fraction of sp³-hybridized carbons (Fsp3) is 0.478. The van der Waals surface area contributed by atoms with Crippen LogP contribution in [0.3, 0.4) is 0 Å². The highest BCUT2D eigenvalue weighted by atomic mass is 16.2. The highest BCUT2D eigenvalue weighted by Crippen LogP contribution is 2.30. The zero-order valence-electron chi connectivity index (χ0n) is 17.2. The van der Waals surface area contributed by atoms with Gasteiger partial charge in [0.2, 0.25) is 11.9 Å². The first kappa shape index (κ1) is 21.1. The monoisotopic (exact) mass is 396 g/mol. The predicted molar refractivity (Wildman–Crippen MR) is 113 cm³/mol. The molecule has 0 saturated carbocycles. The smallest absolute Gasteiger partial charge is 0.317 e. The van der Waals surface area contributed by atoms with E-state index in [1.807, 2.05) is 6.08 Å². The summed E-state index contributed by atoms with van der Waals surface area (Å²) in [5, 5.41) is 5.72. The maximum absolute atomic E-state index is 12.2. The van der Waals surface area contributed by atoms with Gasteiger partial charge in [0.25, 0.3) is 5.91 Å². The number of carbonyl (C=O) groups is 3. The zero-order valence-corrected chi connectivity index (χ0v) is 17.2. The first-order valence-corrected chi connectivity index (χ1v) is 10.4. The molecule has 0 spiro atoms. The third-order valence-corrected chi connectivity index (χ3v) is 6.06. The van der Waals surface area contributed by atoms with E-state index in [9.17, 15) is 14.4 Å². The Balaban J connectivity index is 1.92. The van der Waals surface area contributed by atoms with Gasteiger partial charge in [-0.2, -0.15) is 4.58 Å². The van der Waals surface area contributed by atoms with E-state index in [1.54, 1.807) is 6.21 Å². The number of rotatable bonds is 6. The van der Waals surface area contributed by atoms with Gasteiger partial charge in [0.05, 0.1) is 0 Å². The van der Waals surface area contributed by atoms with E-state index in [0.717, 1.165) is 32.4 Å². The molecule has 0 aliphatic carbocycles. The van der Waals surface area contributed by atoms with Gasteiger partial charge in [0.1, 0.15) is 0 Å². The van der Waals surface area contributed by atoms with Crippen LogP contribution in [0, 0.1) is 19.8 Å². The summed E-state index contributed by atoms with van der Waals surface area (Å²) in [7, 11) is 0. The van der Waals surface area contributed by atoms with Crippen molar-refractivity contribution in [3.63, 3.8) is 0 Å². The lowest BCUT2D eigenvalue weighted by molar-refractivity contribution is -0.457. The van der Waals surface area contributed by atoms with E-state index in [0.29, 0.717) is 18.7 Å². The number of nitrogens with zero attached hydrogens (tertiary/aromatic N) is 1. The molecule has 0 aromatic heterocycles. The van der Waals surface area contributed by atoms with E-state index < -0.39 is 11.9 Å². The molecule has 0 bridgehead atoms. The lowest BCUT2D eigenvalue weighted by Crippen LogP contribution is -2.49. The molecule has 6 heteroatoms. The molecule has 2 fully saturated rings. The Labute approximate surface area is 172 Å². The second kappa shape index (κ2) is 9.74.